The minimum absolute atomic E-state index is 0.157. The number of carbonyl (C=O) groups excluding carboxylic acids is 1. The van der Waals surface area contributed by atoms with Gasteiger partial charge in [-0.05, 0) is 35.9 Å². The first kappa shape index (κ1) is 18.9. The van der Waals surface area contributed by atoms with Gasteiger partial charge < -0.3 is 15.3 Å². The summed E-state index contributed by atoms with van der Waals surface area (Å²) in [6.07, 6.45) is -0.336. The number of carbonyl (C=O) groups is 2. The normalized spacial score (nSPS) is 25.2. The highest BCUT2D eigenvalue weighted by Crippen LogP contribution is 2.60. The van der Waals surface area contributed by atoms with Crippen LogP contribution in [0.25, 0.3) is 0 Å². The third-order valence-electron chi connectivity index (χ3n) is 5.98. The number of aromatic carboxylic acids is 1. The van der Waals surface area contributed by atoms with Crippen LogP contribution in [0.4, 0.5) is 11.4 Å². The molecule has 0 aliphatic carbocycles. The number of carboxylic acids is 1. The van der Waals surface area contributed by atoms with Crippen molar-refractivity contribution in [3.05, 3.63) is 95.6 Å². The van der Waals surface area contributed by atoms with Crippen LogP contribution in [0.2, 0.25) is 0 Å². The highest BCUT2D eigenvalue weighted by molar-refractivity contribution is 8.03. The number of rotatable bonds is 3. The van der Waals surface area contributed by atoms with Crippen molar-refractivity contribution in [2.75, 3.05) is 10.2 Å². The molecule has 6 rings (SSSR count). The molecule has 3 heterocycles. The van der Waals surface area contributed by atoms with Crippen molar-refractivity contribution in [3.63, 3.8) is 0 Å². The number of nitrogens with one attached hydrogen (secondary N) is 1. The lowest BCUT2D eigenvalue weighted by molar-refractivity contribution is -0.117. The summed E-state index contributed by atoms with van der Waals surface area (Å²) in [6, 6.07) is 23.9. The average molecular weight is 443 g/mol. The van der Waals surface area contributed by atoms with Gasteiger partial charge in [0.2, 0.25) is 4.87 Å². The number of carboxylic acid groups (broad SMARTS) is 1. The summed E-state index contributed by atoms with van der Waals surface area (Å²) in [5.74, 6) is -0.525. The summed E-state index contributed by atoms with van der Waals surface area (Å²) in [5, 5.41) is 16.5. The van der Waals surface area contributed by atoms with E-state index in [-0.39, 0.29) is 22.8 Å². The molecule has 3 atom stereocenters. The molecule has 0 bridgehead atoms. The lowest BCUT2D eigenvalue weighted by Crippen LogP contribution is -2.47. The molecule has 3 aliphatic heterocycles. The molecule has 0 radical (unpaired) electrons. The molecule has 2 N–H and O–H groups in total. The smallest absolute Gasteiger partial charge is 0.335 e. The molecule has 3 aliphatic rings. The van der Waals surface area contributed by atoms with Gasteiger partial charge in [-0.15, -0.1) is 11.8 Å². The first-order valence-electron chi connectivity index (χ1n) is 10.1. The van der Waals surface area contributed by atoms with Crippen LogP contribution in [-0.4, -0.2) is 28.1 Å². The zero-order valence-corrected chi connectivity index (χ0v) is 17.5. The Morgan fingerprint density at radius 1 is 1.03 bits per heavy atom. The van der Waals surface area contributed by atoms with Crippen LogP contribution in [-0.2, 0) is 14.5 Å². The number of oxime groups is 1. The van der Waals surface area contributed by atoms with E-state index in [9.17, 15) is 14.7 Å². The van der Waals surface area contributed by atoms with Gasteiger partial charge in [0, 0.05) is 16.9 Å². The summed E-state index contributed by atoms with van der Waals surface area (Å²) in [4.78, 5) is 31.5. The summed E-state index contributed by atoms with van der Waals surface area (Å²) in [7, 11) is 0. The van der Waals surface area contributed by atoms with E-state index < -0.39 is 10.8 Å². The van der Waals surface area contributed by atoms with Gasteiger partial charge in [-0.2, -0.15) is 0 Å². The fourth-order valence-electron chi connectivity index (χ4n) is 4.54. The molecular formula is C24H17N3O4S. The molecule has 1 spiro atoms. The van der Waals surface area contributed by atoms with Crippen molar-refractivity contribution in [2.45, 2.75) is 16.2 Å². The van der Waals surface area contributed by atoms with Crippen molar-refractivity contribution in [1.82, 2.24) is 0 Å². The maximum absolute atomic E-state index is 13.5. The number of thioether (sulfide) groups is 1. The molecule has 158 valence electrons. The van der Waals surface area contributed by atoms with Gasteiger partial charge in [-0.25, -0.2) is 4.79 Å². The van der Waals surface area contributed by atoms with Crippen LogP contribution in [0.3, 0.4) is 0 Å². The lowest BCUT2D eigenvalue weighted by atomic mass is 10.0. The number of benzene rings is 3. The molecule has 0 aromatic heterocycles. The summed E-state index contributed by atoms with van der Waals surface area (Å²) in [6.45, 7) is 0. The number of hydrogen-bond acceptors (Lipinski definition) is 6. The lowest BCUT2D eigenvalue weighted by Gasteiger charge is -2.33. The van der Waals surface area contributed by atoms with E-state index in [1.165, 1.54) is 23.9 Å². The topological polar surface area (TPSA) is 91.2 Å². The van der Waals surface area contributed by atoms with Crippen LogP contribution < -0.4 is 10.2 Å². The highest BCUT2D eigenvalue weighted by Gasteiger charge is 2.64. The summed E-state index contributed by atoms with van der Waals surface area (Å²) in [5.41, 5.74) is 3.44. The molecular weight excluding hydrogens is 426 g/mol. The maximum Gasteiger partial charge on any atom is 0.335 e. The van der Waals surface area contributed by atoms with Gasteiger partial charge in [0.05, 0.1) is 5.56 Å². The third-order valence-corrected chi connectivity index (χ3v) is 7.62. The Morgan fingerprint density at radius 2 is 1.75 bits per heavy atom. The second kappa shape index (κ2) is 6.86. The highest BCUT2D eigenvalue weighted by atomic mass is 32.2. The Balaban J connectivity index is 1.52. The predicted octanol–water partition coefficient (Wildman–Crippen LogP) is 4.20. The molecule has 3 aromatic carbocycles. The van der Waals surface area contributed by atoms with Crippen molar-refractivity contribution in [1.29, 1.82) is 0 Å². The average Bonchev–Trinajstić information content (AvgIpc) is 3.45. The van der Waals surface area contributed by atoms with Gasteiger partial charge in [0.15, 0.2) is 11.9 Å². The molecule has 1 saturated heterocycles. The number of para-hydroxylation sites is 1. The fourth-order valence-corrected chi connectivity index (χ4v) is 6.25. The number of amides is 1. The van der Waals surface area contributed by atoms with Crippen LogP contribution in [0.1, 0.15) is 27.6 Å². The second-order valence-corrected chi connectivity index (χ2v) is 9.09. The van der Waals surface area contributed by atoms with Crippen LogP contribution in [0.15, 0.2) is 84.0 Å². The molecule has 7 nitrogen and oxygen atoms in total. The van der Waals surface area contributed by atoms with E-state index in [1.54, 1.807) is 12.1 Å². The minimum atomic E-state index is -1.07. The van der Waals surface area contributed by atoms with E-state index in [4.69, 9.17) is 4.84 Å². The van der Waals surface area contributed by atoms with Gasteiger partial charge in [-0.1, -0.05) is 53.7 Å². The molecule has 1 amide bonds. The van der Waals surface area contributed by atoms with Crippen LogP contribution in [0.5, 0.6) is 0 Å². The van der Waals surface area contributed by atoms with Gasteiger partial charge in [0.25, 0.3) is 5.91 Å². The zero-order valence-electron chi connectivity index (χ0n) is 16.6. The van der Waals surface area contributed by atoms with Gasteiger partial charge >= 0.3 is 5.97 Å². The molecule has 3 aromatic rings. The van der Waals surface area contributed by atoms with Crippen molar-refractivity contribution < 1.29 is 19.5 Å². The number of amidine groups is 1. The monoisotopic (exact) mass is 443 g/mol. The van der Waals surface area contributed by atoms with E-state index in [2.05, 4.69) is 10.5 Å². The Kier molecular flexibility index (Phi) is 4.06. The van der Waals surface area contributed by atoms with Crippen LogP contribution >= 0.6 is 11.8 Å². The van der Waals surface area contributed by atoms with E-state index in [0.717, 1.165) is 16.8 Å². The Labute approximate surface area is 187 Å². The SMILES string of the molecule is O=C(O)c1ccc(N2C3=NOC(c4ccccc4)C3SC23C(=O)Nc2ccccc23)cc1. The number of hydrogen-bond donors (Lipinski definition) is 2. The molecule has 8 heteroatoms. The van der Waals surface area contributed by atoms with Gasteiger partial charge in [0.1, 0.15) is 5.25 Å². The van der Waals surface area contributed by atoms with Crippen molar-refractivity contribution >= 4 is 40.8 Å². The third kappa shape index (κ3) is 2.53. The standard InChI is InChI=1S/C24H17N3O4S/c28-22(29)15-10-12-16(13-11-15)27-21-20(19(31-26-21)14-6-2-1-3-7-14)32-24(27)17-8-4-5-9-18(17)25-23(24)30/h1-13,19-20H,(H,25,30)(H,28,29). The van der Waals surface area contributed by atoms with Crippen molar-refractivity contribution in [3.8, 4) is 0 Å². The van der Waals surface area contributed by atoms with Gasteiger partial charge in [-0.3, -0.25) is 9.69 Å². The Hall–Kier alpha value is -3.78. The first-order chi connectivity index (χ1) is 15.6. The van der Waals surface area contributed by atoms with E-state index in [0.29, 0.717) is 11.5 Å². The van der Waals surface area contributed by atoms with Crippen molar-refractivity contribution in [2.24, 2.45) is 5.16 Å². The maximum atomic E-state index is 13.5. The quantitative estimate of drug-likeness (QED) is 0.631. The molecule has 32 heavy (non-hydrogen) atoms. The second-order valence-electron chi connectivity index (χ2n) is 7.76. The summed E-state index contributed by atoms with van der Waals surface area (Å²) < 4.78 is 0. The van der Waals surface area contributed by atoms with Crippen LogP contribution in [0, 0.1) is 0 Å². The predicted molar refractivity (Wildman–Crippen MR) is 122 cm³/mol. The Morgan fingerprint density at radius 3 is 2.50 bits per heavy atom. The zero-order chi connectivity index (χ0) is 21.9. The largest absolute Gasteiger partial charge is 0.478 e. The Bertz CT molecular complexity index is 1280. The molecule has 3 unspecified atom stereocenters. The number of nitrogens with zero attached hydrogens (tertiary/aromatic N) is 2. The minimum Gasteiger partial charge on any atom is -0.478 e. The first-order valence-corrected chi connectivity index (χ1v) is 11.0. The molecule has 1 fully saturated rings. The van der Waals surface area contributed by atoms with E-state index in [1.807, 2.05) is 59.5 Å². The number of anilines is 2. The fraction of sp³-hybridized carbons (Fsp3) is 0.125. The van der Waals surface area contributed by atoms with E-state index >= 15 is 0 Å². The molecule has 0 saturated carbocycles. The summed E-state index contributed by atoms with van der Waals surface area (Å²) >= 11 is 1.50. The number of fused-ring (bicyclic) bond motifs is 3.